The molecule has 0 spiro atoms. The van der Waals surface area contributed by atoms with Crippen LogP contribution in [-0.2, 0) is 21.7 Å². The molecule has 1 fully saturated rings. The Kier molecular flexibility index (Phi) is 4.65. The first-order valence-electron chi connectivity index (χ1n) is 7.22. The minimum atomic E-state index is -3.75. The largest absolute Gasteiger partial charge is 0.342 e. The summed E-state index contributed by atoms with van der Waals surface area (Å²) in [5.74, 6) is -0.205. The minimum absolute atomic E-state index is 0.0734. The summed E-state index contributed by atoms with van der Waals surface area (Å²) >= 11 is 0. The Morgan fingerprint density at radius 3 is 2.33 bits per heavy atom. The molecule has 1 aliphatic heterocycles. The van der Waals surface area contributed by atoms with Gasteiger partial charge in [0.1, 0.15) is 11.6 Å². The van der Waals surface area contributed by atoms with Crippen LogP contribution in [0.4, 0.5) is 0 Å². The average molecular weight is 314 g/mol. The Labute approximate surface area is 125 Å². The summed E-state index contributed by atoms with van der Waals surface area (Å²) in [6.07, 6.45) is 2.97. The molecule has 1 aromatic heterocycles. The second kappa shape index (κ2) is 6.13. The van der Waals surface area contributed by atoms with Gasteiger partial charge < -0.3 is 9.47 Å². The fourth-order valence-corrected chi connectivity index (χ4v) is 3.87. The fraction of sp³-hybridized carbons (Fsp3) is 0.769. The maximum atomic E-state index is 12.4. The molecule has 2 rings (SSSR count). The highest BCUT2D eigenvalue weighted by atomic mass is 32.2. The summed E-state index contributed by atoms with van der Waals surface area (Å²) in [5.41, 5.74) is 0. The van der Waals surface area contributed by atoms with Crippen molar-refractivity contribution in [2.24, 2.45) is 7.05 Å². The Morgan fingerprint density at radius 1 is 1.19 bits per heavy atom. The van der Waals surface area contributed by atoms with E-state index in [1.165, 1.54) is 4.57 Å². The lowest BCUT2D eigenvalue weighted by Gasteiger charge is -2.26. The number of amides is 1. The Hall–Kier alpha value is -1.44. The van der Waals surface area contributed by atoms with Crippen molar-refractivity contribution in [2.75, 3.05) is 18.8 Å². The van der Waals surface area contributed by atoms with Crippen molar-refractivity contribution in [2.45, 2.75) is 44.2 Å². The summed E-state index contributed by atoms with van der Waals surface area (Å²) in [7, 11) is -2.14. The minimum Gasteiger partial charge on any atom is -0.342 e. The van der Waals surface area contributed by atoms with E-state index in [4.69, 9.17) is 0 Å². The zero-order valence-electron chi connectivity index (χ0n) is 12.7. The Morgan fingerprint density at radius 2 is 1.81 bits per heavy atom. The van der Waals surface area contributed by atoms with Crippen molar-refractivity contribution < 1.29 is 13.2 Å². The van der Waals surface area contributed by atoms with Crippen molar-refractivity contribution in [3.05, 3.63) is 5.82 Å². The summed E-state index contributed by atoms with van der Waals surface area (Å²) in [4.78, 5) is 13.8. The predicted octanol–water partition coefficient (Wildman–Crippen LogP) is 0.725. The molecule has 0 atom stereocenters. The van der Waals surface area contributed by atoms with Crippen LogP contribution in [0.5, 0.6) is 0 Å². The molecular formula is C13H22N4O3S. The monoisotopic (exact) mass is 314 g/mol. The number of piperidine rings is 1. The fourth-order valence-electron chi connectivity index (χ4n) is 2.56. The predicted molar refractivity (Wildman–Crippen MR) is 77.6 cm³/mol. The molecule has 0 aliphatic carbocycles. The van der Waals surface area contributed by atoms with Crippen molar-refractivity contribution >= 4 is 15.7 Å². The lowest BCUT2D eigenvalue weighted by molar-refractivity contribution is -0.129. The van der Waals surface area contributed by atoms with E-state index < -0.39 is 15.6 Å². The van der Waals surface area contributed by atoms with Gasteiger partial charge in [-0.15, -0.1) is 10.2 Å². The molecule has 0 bridgehead atoms. The van der Waals surface area contributed by atoms with Crippen molar-refractivity contribution in [3.63, 3.8) is 0 Å². The highest BCUT2D eigenvalue weighted by Gasteiger charge is 2.29. The molecule has 1 aromatic rings. The third kappa shape index (κ3) is 3.42. The van der Waals surface area contributed by atoms with Gasteiger partial charge in [0.15, 0.2) is 0 Å². The molecule has 1 saturated heterocycles. The molecule has 1 aliphatic rings. The summed E-state index contributed by atoms with van der Waals surface area (Å²) in [6.45, 7) is 5.12. The van der Waals surface area contributed by atoms with Gasteiger partial charge in [-0.3, -0.25) is 4.79 Å². The molecule has 1 amide bonds. The van der Waals surface area contributed by atoms with E-state index in [0.29, 0.717) is 18.9 Å². The second-order valence-electron chi connectivity index (χ2n) is 5.76. The van der Waals surface area contributed by atoms with Crippen molar-refractivity contribution in [1.29, 1.82) is 0 Å². The maximum Gasteiger partial charge on any atom is 0.250 e. The molecule has 0 aromatic carbocycles. The van der Waals surface area contributed by atoms with Crippen LogP contribution in [0.15, 0.2) is 5.16 Å². The van der Waals surface area contributed by atoms with Crippen LogP contribution in [-0.4, -0.2) is 52.8 Å². The standard InChI is InChI=1S/C13H22N4O3S/c1-10(2)12-14-15-13(16(12)3)21(19,20)9-11(18)17-7-5-4-6-8-17/h10H,4-9H2,1-3H3. The van der Waals surface area contributed by atoms with Gasteiger partial charge in [0, 0.05) is 26.1 Å². The van der Waals surface area contributed by atoms with E-state index in [-0.39, 0.29) is 17.0 Å². The van der Waals surface area contributed by atoms with E-state index in [0.717, 1.165) is 19.3 Å². The number of likely N-dealkylation sites (tertiary alicyclic amines) is 1. The smallest absolute Gasteiger partial charge is 0.250 e. The quantitative estimate of drug-likeness (QED) is 0.817. The summed E-state index contributed by atoms with van der Waals surface area (Å²) in [6, 6.07) is 0. The van der Waals surface area contributed by atoms with Gasteiger partial charge in [-0.1, -0.05) is 13.8 Å². The van der Waals surface area contributed by atoms with Crippen LogP contribution in [0.1, 0.15) is 44.9 Å². The Balaban J connectivity index is 2.16. The van der Waals surface area contributed by atoms with Crippen molar-refractivity contribution in [3.8, 4) is 0 Å². The molecule has 0 unspecified atom stereocenters. The van der Waals surface area contributed by atoms with Gasteiger partial charge in [-0.25, -0.2) is 8.42 Å². The number of carbonyl (C=O) groups is 1. The SMILES string of the molecule is CC(C)c1nnc(S(=O)(=O)CC(=O)N2CCCCC2)n1C. The van der Waals surface area contributed by atoms with Gasteiger partial charge in [0.05, 0.1) is 0 Å². The Bertz CT molecular complexity index is 615. The average Bonchev–Trinajstić information content (AvgIpc) is 2.82. The van der Waals surface area contributed by atoms with Crippen LogP contribution < -0.4 is 0 Å². The molecule has 118 valence electrons. The summed E-state index contributed by atoms with van der Waals surface area (Å²) in [5, 5.41) is 7.54. The van der Waals surface area contributed by atoms with Crippen LogP contribution in [0.25, 0.3) is 0 Å². The number of hydrogen-bond donors (Lipinski definition) is 0. The van der Waals surface area contributed by atoms with Crippen LogP contribution in [0.2, 0.25) is 0 Å². The van der Waals surface area contributed by atoms with Gasteiger partial charge in [-0.2, -0.15) is 0 Å². The van der Waals surface area contributed by atoms with Gasteiger partial charge in [0.25, 0.3) is 0 Å². The van der Waals surface area contributed by atoms with E-state index in [1.807, 2.05) is 13.8 Å². The van der Waals surface area contributed by atoms with E-state index >= 15 is 0 Å². The molecular weight excluding hydrogens is 292 g/mol. The maximum absolute atomic E-state index is 12.4. The number of nitrogens with zero attached hydrogens (tertiary/aromatic N) is 4. The van der Waals surface area contributed by atoms with Crippen LogP contribution in [0, 0.1) is 0 Å². The second-order valence-corrected chi connectivity index (χ2v) is 7.64. The van der Waals surface area contributed by atoms with E-state index in [2.05, 4.69) is 10.2 Å². The highest BCUT2D eigenvalue weighted by Crippen LogP contribution is 2.17. The number of carbonyl (C=O) groups excluding carboxylic acids is 1. The van der Waals surface area contributed by atoms with Gasteiger partial charge in [-0.05, 0) is 19.3 Å². The molecule has 0 N–H and O–H groups in total. The first kappa shape index (κ1) is 15.9. The first-order valence-corrected chi connectivity index (χ1v) is 8.88. The van der Waals surface area contributed by atoms with Crippen LogP contribution in [0.3, 0.4) is 0 Å². The number of rotatable bonds is 4. The normalized spacial score (nSPS) is 16.5. The first-order chi connectivity index (χ1) is 9.83. The highest BCUT2D eigenvalue weighted by molar-refractivity contribution is 7.91. The topological polar surface area (TPSA) is 85.2 Å². The van der Waals surface area contributed by atoms with E-state index in [1.54, 1.807) is 11.9 Å². The van der Waals surface area contributed by atoms with E-state index in [9.17, 15) is 13.2 Å². The zero-order chi connectivity index (χ0) is 15.6. The number of sulfone groups is 1. The molecule has 8 heteroatoms. The third-order valence-corrected chi connectivity index (χ3v) is 5.22. The van der Waals surface area contributed by atoms with Gasteiger partial charge >= 0.3 is 0 Å². The molecule has 0 radical (unpaired) electrons. The zero-order valence-corrected chi connectivity index (χ0v) is 13.6. The molecule has 0 saturated carbocycles. The number of hydrogen-bond acceptors (Lipinski definition) is 5. The lowest BCUT2D eigenvalue weighted by atomic mass is 10.1. The molecule has 2 heterocycles. The number of aromatic nitrogens is 3. The van der Waals surface area contributed by atoms with Gasteiger partial charge in [0.2, 0.25) is 20.9 Å². The van der Waals surface area contributed by atoms with Crippen molar-refractivity contribution in [1.82, 2.24) is 19.7 Å². The summed E-state index contributed by atoms with van der Waals surface area (Å²) < 4.78 is 26.2. The third-order valence-electron chi connectivity index (χ3n) is 3.69. The lowest BCUT2D eigenvalue weighted by Crippen LogP contribution is -2.39. The molecule has 7 nitrogen and oxygen atoms in total. The molecule has 21 heavy (non-hydrogen) atoms. The van der Waals surface area contributed by atoms with Crippen LogP contribution >= 0.6 is 0 Å².